The summed E-state index contributed by atoms with van der Waals surface area (Å²) in [4.78, 5) is 28.4. The summed E-state index contributed by atoms with van der Waals surface area (Å²) in [5, 5.41) is 9.59. The van der Waals surface area contributed by atoms with Crippen molar-refractivity contribution in [1.82, 2.24) is 20.0 Å². The van der Waals surface area contributed by atoms with Gasteiger partial charge in [0.25, 0.3) is 0 Å². The Hall–Kier alpha value is -2.35. The van der Waals surface area contributed by atoms with Gasteiger partial charge in [-0.1, -0.05) is 11.3 Å². The molecule has 0 radical (unpaired) electrons. The van der Waals surface area contributed by atoms with E-state index in [4.69, 9.17) is 0 Å². The number of carbonyl (C=O) groups is 2. The Bertz CT molecular complexity index is 880. The maximum Gasteiger partial charge on any atom is 0.312 e. The molecule has 4 fully saturated rings. The number of hydrogen-bond acceptors (Lipinski definition) is 5. The van der Waals surface area contributed by atoms with Crippen LogP contribution in [-0.4, -0.2) is 50.4 Å². The molecule has 0 N–H and O–H groups in total. The topological polar surface area (TPSA) is 66.4 Å². The fourth-order valence-electron chi connectivity index (χ4n) is 4.23. The molecular formula is C18H17FN4O2S. The Morgan fingerprint density at radius 2 is 1.81 bits per heavy atom. The molecule has 8 heteroatoms. The predicted octanol–water partition coefficient (Wildman–Crippen LogP) is 2.07. The molecule has 26 heavy (non-hydrogen) atoms. The average Bonchev–Trinajstić information content (AvgIpc) is 3.01. The van der Waals surface area contributed by atoms with Gasteiger partial charge in [-0.25, -0.2) is 4.39 Å². The molecule has 134 valence electrons. The summed E-state index contributed by atoms with van der Waals surface area (Å²) in [5.41, 5.74) is 0.771. The first-order chi connectivity index (χ1) is 12.5. The fourth-order valence-corrected chi connectivity index (χ4v) is 5.09. The number of amides is 2. The van der Waals surface area contributed by atoms with Crippen molar-refractivity contribution in [2.75, 3.05) is 13.1 Å². The average molecular weight is 372 g/mol. The van der Waals surface area contributed by atoms with Crippen LogP contribution >= 0.6 is 11.3 Å². The number of nitrogens with zero attached hydrogens (tertiary/aromatic N) is 4. The van der Waals surface area contributed by atoms with Gasteiger partial charge in [0.05, 0.1) is 6.54 Å². The third-order valence-electron chi connectivity index (χ3n) is 5.77. The Labute approximate surface area is 153 Å². The molecule has 2 amide bonds. The summed E-state index contributed by atoms with van der Waals surface area (Å²) in [6, 6.07) is 6.05. The van der Waals surface area contributed by atoms with Gasteiger partial charge in [0.2, 0.25) is 0 Å². The van der Waals surface area contributed by atoms with E-state index in [1.807, 2.05) is 0 Å². The van der Waals surface area contributed by atoms with E-state index < -0.39 is 5.91 Å². The zero-order valence-corrected chi connectivity index (χ0v) is 14.8. The molecule has 2 heterocycles. The van der Waals surface area contributed by atoms with E-state index in [0.29, 0.717) is 23.1 Å². The largest absolute Gasteiger partial charge is 0.327 e. The van der Waals surface area contributed by atoms with E-state index in [9.17, 15) is 14.0 Å². The molecule has 0 unspecified atom stereocenters. The predicted molar refractivity (Wildman–Crippen MR) is 92.5 cm³/mol. The fraction of sp³-hybridized carbons (Fsp3) is 0.444. The molecule has 0 spiro atoms. The van der Waals surface area contributed by atoms with Gasteiger partial charge in [-0.05, 0) is 49.4 Å². The summed E-state index contributed by atoms with van der Waals surface area (Å²) in [6.07, 6.45) is 3.18. The van der Waals surface area contributed by atoms with E-state index in [-0.39, 0.29) is 23.8 Å². The molecule has 1 saturated heterocycles. The van der Waals surface area contributed by atoms with Crippen LogP contribution in [0.5, 0.6) is 0 Å². The number of piperazine rings is 1. The minimum atomic E-state index is -0.445. The van der Waals surface area contributed by atoms with Gasteiger partial charge in [0.1, 0.15) is 15.8 Å². The summed E-state index contributed by atoms with van der Waals surface area (Å²) in [5.74, 6) is -0.358. The van der Waals surface area contributed by atoms with Gasteiger partial charge in [-0.3, -0.25) is 9.59 Å². The van der Waals surface area contributed by atoms with Gasteiger partial charge in [0.15, 0.2) is 0 Å². The first-order valence-corrected chi connectivity index (χ1v) is 9.55. The number of hydrogen-bond donors (Lipinski definition) is 0. The highest BCUT2D eigenvalue weighted by atomic mass is 32.1. The van der Waals surface area contributed by atoms with Crippen LogP contribution in [0.4, 0.5) is 4.39 Å². The molecule has 1 aromatic carbocycles. The van der Waals surface area contributed by atoms with Crippen LogP contribution in [0.25, 0.3) is 10.6 Å². The molecule has 0 atom stereocenters. The molecule has 4 aliphatic rings. The van der Waals surface area contributed by atoms with Crippen LogP contribution in [-0.2, 0) is 16.1 Å². The lowest BCUT2D eigenvalue weighted by Gasteiger charge is -2.66. The monoisotopic (exact) mass is 372 g/mol. The van der Waals surface area contributed by atoms with E-state index in [1.54, 1.807) is 21.9 Å². The highest BCUT2D eigenvalue weighted by Gasteiger charge is 2.62. The van der Waals surface area contributed by atoms with Crippen LogP contribution in [0.3, 0.4) is 0 Å². The highest BCUT2D eigenvalue weighted by molar-refractivity contribution is 7.14. The number of benzene rings is 1. The molecule has 3 aliphatic carbocycles. The van der Waals surface area contributed by atoms with Gasteiger partial charge < -0.3 is 9.80 Å². The van der Waals surface area contributed by atoms with Crippen molar-refractivity contribution in [2.24, 2.45) is 5.92 Å². The maximum absolute atomic E-state index is 13.0. The molecule has 1 aliphatic heterocycles. The lowest BCUT2D eigenvalue weighted by molar-refractivity contribution is -0.186. The van der Waals surface area contributed by atoms with Crippen molar-refractivity contribution in [3.8, 4) is 10.6 Å². The minimum absolute atomic E-state index is 0.0119. The Morgan fingerprint density at radius 1 is 1.08 bits per heavy atom. The van der Waals surface area contributed by atoms with Crippen molar-refractivity contribution >= 4 is 23.2 Å². The number of aromatic nitrogens is 2. The van der Waals surface area contributed by atoms with E-state index in [2.05, 4.69) is 10.2 Å². The van der Waals surface area contributed by atoms with Crippen LogP contribution in [0.1, 0.15) is 24.3 Å². The van der Waals surface area contributed by atoms with E-state index >= 15 is 0 Å². The second-order valence-electron chi connectivity index (χ2n) is 7.39. The van der Waals surface area contributed by atoms with E-state index in [1.165, 1.54) is 23.5 Å². The highest BCUT2D eigenvalue weighted by Crippen LogP contribution is 2.60. The summed E-state index contributed by atoms with van der Waals surface area (Å²) >= 11 is 1.36. The first kappa shape index (κ1) is 15.9. The van der Waals surface area contributed by atoms with Crippen molar-refractivity contribution < 1.29 is 14.0 Å². The normalized spacial score (nSPS) is 27.3. The smallest absolute Gasteiger partial charge is 0.312 e. The Morgan fingerprint density at radius 3 is 2.46 bits per heavy atom. The third kappa shape index (κ3) is 2.35. The Kier molecular flexibility index (Phi) is 3.40. The van der Waals surface area contributed by atoms with Crippen molar-refractivity contribution in [2.45, 2.75) is 31.3 Å². The van der Waals surface area contributed by atoms with Crippen molar-refractivity contribution in [3.05, 3.63) is 35.1 Å². The van der Waals surface area contributed by atoms with Crippen molar-refractivity contribution in [3.63, 3.8) is 0 Å². The lowest BCUT2D eigenvalue weighted by Crippen LogP contribution is -2.73. The molecular weight excluding hydrogens is 355 g/mol. The zero-order chi connectivity index (χ0) is 17.9. The molecule has 6 rings (SSSR count). The molecule has 3 saturated carbocycles. The van der Waals surface area contributed by atoms with Crippen LogP contribution in [0, 0.1) is 11.7 Å². The molecule has 2 bridgehead atoms. The van der Waals surface area contributed by atoms with E-state index in [0.717, 1.165) is 30.7 Å². The quantitative estimate of drug-likeness (QED) is 0.771. The third-order valence-corrected chi connectivity index (χ3v) is 6.73. The van der Waals surface area contributed by atoms with Gasteiger partial charge in [-0.2, -0.15) is 0 Å². The van der Waals surface area contributed by atoms with Gasteiger partial charge in [0, 0.05) is 24.2 Å². The second-order valence-corrected chi connectivity index (χ2v) is 8.46. The zero-order valence-electron chi connectivity index (χ0n) is 14.0. The first-order valence-electron chi connectivity index (χ1n) is 8.73. The standard InChI is InChI=1S/C18H17FN4O2S/c19-13-3-1-12(2-4-13)15-21-20-14(26-15)10-22-5-6-23(17(25)16(22)24)18-7-11(8-18)9-18/h1-4,11H,5-10H2. The van der Waals surface area contributed by atoms with Crippen LogP contribution in [0.15, 0.2) is 24.3 Å². The number of halogens is 1. The Balaban J connectivity index is 1.27. The number of rotatable bonds is 4. The van der Waals surface area contributed by atoms with Crippen molar-refractivity contribution in [1.29, 1.82) is 0 Å². The molecule has 6 nitrogen and oxygen atoms in total. The second kappa shape index (κ2) is 5.57. The van der Waals surface area contributed by atoms with Crippen LogP contribution in [0.2, 0.25) is 0 Å². The summed E-state index contributed by atoms with van der Waals surface area (Å²) in [6.45, 7) is 1.41. The lowest BCUT2D eigenvalue weighted by atomic mass is 9.49. The maximum atomic E-state index is 13.0. The molecule has 2 aromatic rings. The minimum Gasteiger partial charge on any atom is -0.327 e. The summed E-state index contributed by atoms with van der Waals surface area (Å²) in [7, 11) is 0. The summed E-state index contributed by atoms with van der Waals surface area (Å²) < 4.78 is 13.0. The van der Waals surface area contributed by atoms with Gasteiger partial charge >= 0.3 is 11.8 Å². The number of carbonyl (C=O) groups excluding carboxylic acids is 2. The van der Waals surface area contributed by atoms with Crippen LogP contribution < -0.4 is 0 Å². The SMILES string of the molecule is O=C1C(=O)N(C23CC(C2)C3)CCN1Cc1nnc(-c2ccc(F)cc2)s1. The van der Waals surface area contributed by atoms with Gasteiger partial charge in [-0.15, -0.1) is 10.2 Å². The molecule has 1 aromatic heterocycles.